The summed E-state index contributed by atoms with van der Waals surface area (Å²) in [5, 5.41) is 7.51. The van der Waals surface area contributed by atoms with Crippen molar-refractivity contribution in [2.75, 3.05) is 38.0 Å². The molecule has 6 rings (SSSR count). The number of aromatic nitrogens is 3. The van der Waals surface area contributed by atoms with Crippen LogP contribution >= 0.6 is 0 Å². The lowest BCUT2D eigenvalue weighted by Gasteiger charge is -2.35. The number of hydrogen-bond donors (Lipinski definition) is 3. The molecule has 1 saturated heterocycles. The Kier molecular flexibility index (Phi) is 9.40. The van der Waals surface area contributed by atoms with Gasteiger partial charge in [-0.3, -0.25) is 19.3 Å². The normalized spacial score (nSPS) is 19.0. The van der Waals surface area contributed by atoms with Crippen LogP contribution in [0.1, 0.15) is 83.9 Å². The van der Waals surface area contributed by atoms with E-state index >= 15 is 0 Å². The highest BCUT2D eigenvalue weighted by molar-refractivity contribution is 6.18. The number of aryl methyl sites for hydroxylation is 1. The third kappa shape index (κ3) is 7.38. The largest absolute Gasteiger partial charge is 0.367 e. The Morgan fingerprint density at radius 1 is 0.872 bits per heavy atom. The molecular weight excluding hydrogens is 590 g/mol. The maximum atomic E-state index is 13.5. The molecule has 2 fully saturated rings. The van der Waals surface area contributed by atoms with Gasteiger partial charge in [-0.25, -0.2) is 9.97 Å². The van der Waals surface area contributed by atoms with E-state index in [1.165, 1.54) is 11.9 Å². The van der Waals surface area contributed by atoms with Gasteiger partial charge in [-0.05, 0) is 61.3 Å². The summed E-state index contributed by atoms with van der Waals surface area (Å²) in [5.41, 5.74) is 4.73. The molecule has 3 N–H and O–H groups in total. The fourth-order valence-corrected chi connectivity index (χ4v) is 6.68. The molecule has 2 amide bonds. The molecule has 0 unspecified atom stereocenters. The number of anilines is 1. The van der Waals surface area contributed by atoms with E-state index in [2.05, 4.69) is 51.3 Å². The van der Waals surface area contributed by atoms with Crippen molar-refractivity contribution < 1.29 is 14.4 Å². The van der Waals surface area contributed by atoms with E-state index in [0.717, 1.165) is 31.2 Å². The first-order valence-electron chi connectivity index (χ1n) is 16.7. The van der Waals surface area contributed by atoms with Gasteiger partial charge in [0, 0.05) is 55.6 Å². The van der Waals surface area contributed by atoms with Crippen LogP contribution in [0.3, 0.4) is 0 Å². The molecule has 246 valence electrons. The van der Waals surface area contributed by atoms with Crippen molar-refractivity contribution in [1.82, 2.24) is 30.1 Å². The minimum atomic E-state index is -0.0578. The van der Waals surface area contributed by atoms with Gasteiger partial charge in [0.05, 0.1) is 17.5 Å². The number of nitrogens with zero attached hydrogens (tertiary/aromatic N) is 4. The summed E-state index contributed by atoms with van der Waals surface area (Å²) in [6, 6.07) is 15.8. The fourth-order valence-electron chi connectivity index (χ4n) is 6.68. The third-order valence-corrected chi connectivity index (χ3v) is 9.56. The minimum absolute atomic E-state index is 0.0307. The molecule has 47 heavy (non-hydrogen) atoms. The summed E-state index contributed by atoms with van der Waals surface area (Å²) in [4.78, 5) is 55.5. The number of aromatic amines is 1. The highest BCUT2D eigenvalue weighted by Gasteiger charge is 2.27. The number of hydrogen-bond acceptors (Lipinski definition) is 7. The van der Waals surface area contributed by atoms with Gasteiger partial charge < -0.3 is 20.5 Å². The van der Waals surface area contributed by atoms with Gasteiger partial charge >= 0.3 is 0 Å². The Balaban J connectivity index is 0.968. The predicted molar refractivity (Wildman–Crippen MR) is 184 cm³/mol. The van der Waals surface area contributed by atoms with Crippen LogP contribution in [-0.2, 0) is 10.2 Å². The zero-order chi connectivity index (χ0) is 33.1. The number of ketones is 1. The van der Waals surface area contributed by atoms with Crippen LogP contribution < -0.4 is 10.6 Å². The quantitative estimate of drug-likeness (QED) is 0.231. The van der Waals surface area contributed by atoms with E-state index in [0.29, 0.717) is 66.3 Å². The molecule has 10 heteroatoms. The molecule has 2 aromatic carbocycles. The summed E-state index contributed by atoms with van der Waals surface area (Å²) in [6.07, 6.45) is 6.69. The smallest absolute Gasteiger partial charge is 0.253 e. The van der Waals surface area contributed by atoms with Crippen molar-refractivity contribution in [2.24, 2.45) is 0 Å². The summed E-state index contributed by atoms with van der Waals surface area (Å²) in [6.45, 7) is 11.3. The van der Waals surface area contributed by atoms with Gasteiger partial charge in [-0.2, -0.15) is 0 Å². The molecule has 3 heterocycles. The van der Waals surface area contributed by atoms with E-state index in [4.69, 9.17) is 0 Å². The lowest BCUT2D eigenvalue weighted by Crippen LogP contribution is -2.52. The zero-order valence-electron chi connectivity index (χ0n) is 27.8. The van der Waals surface area contributed by atoms with Crippen LogP contribution in [0.4, 0.5) is 5.82 Å². The molecule has 4 aromatic rings. The van der Waals surface area contributed by atoms with Gasteiger partial charge in [-0.15, -0.1) is 0 Å². The van der Waals surface area contributed by atoms with E-state index < -0.39 is 0 Å². The Bertz CT molecular complexity index is 1740. The number of nitrogens with one attached hydrogen (secondary N) is 3. The second kappa shape index (κ2) is 13.7. The van der Waals surface area contributed by atoms with Crippen LogP contribution in [0.25, 0.3) is 11.0 Å². The van der Waals surface area contributed by atoms with Gasteiger partial charge in [0.25, 0.3) is 5.91 Å². The highest BCUT2D eigenvalue weighted by atomic mass is 16.2. The second-order valence-electron chi connectivity index (χ2n) is 13.9. The molecule has 1 saturated carbocycles. The Morgan fingerprint density at radius 2 is 1.55 bits per heavy atom. The van der Waals surface area contributed by atoms with E-state index in [1.54, 1.807) is 6.20 Å². The van der Waals surface area contributed by atoms with Crippen LogP contribution in [0.5, 0.6) is 0 Å². The molecule has 0 atom stereocenters. The van der Waals surface area contributed by atoms with Gasteiger partial charge in [0.1, 0.15) is 17.8 Å². The molecule has 2 aromatic heterocycles. The second-order valence-corrected chi connectivity index (χ2v) is 13.9. The first-order chi connectivity index (χ1) is 22.6. The van der Waals surface area contributed by atoms with Crippen LogP contribution in [0.15, 0.2) is 61.1 Å². The third-order valence-electron chi connectivity index (χ3n) is 9.56. The lowest BCUT2D eigenvalue weighted by atomic mass is 9.86. The lowest BCUT2D eigenvalue weighted by molar-refractivity contribution is -0.123. The fraction of sp³-hybridized carbons (Fsp3) is 0.432. The topological polar surface area (TPSA) is 123 Å². The molecule has 0 bridgehead atoms. The van der Waals surface area contributed by atoms with Crippen LogP contribution in [0.2, 0.25) is 0 Å². The van der Waals surface area contributed by atoms with Gasteiger partial charge in [0.15, 0.2) is 5.78 Å². The van der Waals surface area contributed by atoms with Crippen molar-refractivity contribution in [3.63, 3.8) is 0 Å². The number of piperazine rings is 1. The number of fused-ring (bicyclic) bond motifs is 1. The number of benzene rings is 2. The van der Waals surface area contributed by atoms with Gasteiger partial charge in [-0.1, -0.05) is 57.2 Å². The molecule has 1 aliphatic heterocycles. The standard InChI is InChI=1S/C37H45N7O3/c1-24-7-5-6-8-29(24)33(46)30-21-38-34-32(30)35(40-23-39-34)42-28-15-13-27(14-16-28)41-31(45)22-43-17-19-44(20-18-43)36(47)25-9-11-26(12-10-25)37(2,3)4/h5-12,21,23,27-28H,13-20,22H2,1-4H3,(H,41,45)(H2,38,39,40,42)/t27-,28+. The molecular formula is C37H45N7O3. The van der Waals surface area contributed by atoms with Crippen molar-refractivity contribution in [3.05, 3.63) is 88.9 Å². The molecule has 10 nitrogen and oxygen atoms in total. The maximum absolute atomic E-state index is 13.5. The molecule has 1 aliphatic carbocycles. The van der Waals surface area contributed by atoms with Gasteiger partial charge in [0.2, 0.25) is 5.91 Å². The number of H-pyrrole nitrogens is 1. The SMILES string of the molecule is Cc1ccccc1C(=O)c1c[nH]c2ncnc(N[C@H]3CC[C@@H](NC(=O)CN4CCN(C(=O)c5ccc(C(C)(C)C)cc5)CC4)CC3)c12. The van der Waals surface area contributed by atoms with Crippen LogP contribution in [-0.4, -0.2) is 87.2 Å². The first kappa shape index (κ1) is 32.4. The Hall–Kier alpha value is -4.57. The van der Waals surface area contributed by atoms with E-state index in [-0.39, 0.29) is 35.1 Å². The number of carbonyl (C=O) groups is 3. The maximum Gasteiger partial charge on any atom is 0.253 e. The average Bonchev–Trinajstić information content (AvgIpc) is 3.51. The number of carbonyl (C=O) groups excluding carboxylic acids is 3. The summed E-state index contributed by atoms with van der Waals surface area (Å²) < 4.78 is 0. The Morgan fingerprint density at radius 3 is 2.23 bits per heavy atom. The number of amides is 2. The zero-order valence-corrected chi connectivity index (χ0v) is 27.8. The average molecular weight is 636 g/mol. The Labute approximate surface area is 276 Å². The van der Waals surface area contributed by atoms with Crippen molar-refractivity contribution in [1.29, 1.82) is 0 Å². The summed E-state index contributed by atoms with van der Waals surface area (Å²) >= 11 is 0. The molecule has 0 radical (unpaired) electrons. The molecule has 0 spiro atoms. The highest BCUT2D eigenvalue weighted by Crippen LogP contribution is 2.29. The van der Waals surface area contributed by atoms with E-state index in [9.17, 15) is 14.4 Å². The number of rotatable bonds is 8. The predicted octanol–water partition coefficient (Wildman–Crippen LogP) is 5.09. The monoisotopic (exact) mass is 635 g/mol. The minimum Gasteiger partial charge on any atom is -0.367 e. The van der Waals surface area contributed by atoms with E-state index in [1.807, 2.05) is 60.4 Å². The van der Waals surface area contributed by atoms with Crippen molar-refractivity contribution in [2.45, 2.75) is 70.9 Å². The van der Waals surface area contributed by atoms with Crippen molar-refractivity contribution >= 4 is 34.4 Å². The van der Waals surface area contributed by atoms with Crippen LogP contribution in [0, 0.1) is 6.92 Å². The summed E-state index contributed by atoms with van der Waals surface area (Å²) in [7, 11) is 0. The summed E-state index contributed by atoms with van der Waals surface area (Å²) in [5.74, 6) is 0.675. The van der Waals surface area contributed by atoms with Crippen molar-refractivity contribution in [3.8, 4) is 0 Å². The first-order valence-corrected chi connectivity index (χ1v) is 16.7. The molecule has 2 aliphatic rings.